The molecule has 31 heavy (non-hydrogen) atoms. The van der Waals surface area contributed by atoms with Crippen LogP contribution in [-0.2, 0) is 14.4 Å². The number of rotatable bonds is 10. The predicted molar refractivity (Wildman–Crippen MR) is 116 cm³/mol. The topological polar surface area (TPSA) is 91.8 Å². The molecule has 0 aliphatic carbocycles. The molecule has 0 aliphatic rings. The fourth-order valence-corrected chi connectivity index (χ4v) is 2.62. The average molecular weight is 444 g/mol. The smallest absolute Gasteiger partial charge is 0.347 e. The van der Waals surface area contributed by atoms with Crippen molar-refractivity contribution >= 4 is 28.6 Å². The monoisotopic (exact) mass is 443 g/mol. The van der Waals surface area contributed by atoms with Gasteiger partial charge in [0.05, 0.1) is 17.2 Å². The Balaban J connectivity index is 1.49. The van der Waals surface area contributed by atoms with Crippen molar-refractivity contribution in [1.29, 1.82) is 0 Å². The Morgan fingerprint density at radius 1 is 1.13 bits per heavy atom. The molecule has 0 fully saturated rings. The van der Waals surface area contributed by atoms with Crippen molar-refractivity contribution in [3.05, 3.63) is 66.0 Å². The van der Waals surface area contributed by atoms with Gasteiger partial charge >= 0.3 is 5.97 Å². The summed E-state index contributed by atoms with van der Waals surface area (Å²) in [6, 6.07) is 12.1. The van der Waals surface area contributed by atoms with Crippen LogP contribution in [0.2, 0.25) is 5.02 Å². The minimum atomic E-state index is -0.770. The molecule has 3 aromatic rings. The average Bonchev–Trinajstić information content (AvgIpc) is 2.77. The molecule has 1 aromatic heterocycles. The second-order valence-corrected chi connectivity index (χ2v) is 6.75. The van der Waals surface area contributed by atoms with E-state index in [1.165, 1.54) is 6.20 Å². The summed E-state index contributed by atoms with van der Waals surface area (Å²) in [5.41, 5.74) is 3.95. The highest BCUT2D eigenvalue weighted by atomic mass is 35.5. The van der Waals surface area contributed by atoms with Crippen LogP contribution in [-0.4, -0.2) is 35.3 Å². The Bertz CT molecular complexity index is 1040. The zero-order valence-electron chi connectivity index (χ0n) is 17.1. The molecular weight excluding hydrogens is 422 g/mol. The van der Waals surface area contributed by atoms with Gasteiger partial charge in [-0.2, -0.15) is 0 Å². The number of ether oxygens (including phenoxy) is 3. The number of aromatic nitrogens is 2. The molecule has 3 rings (SSSR count). The number of hydroxylamine groups is 1. The van der Waals surface area contributed by atoms with Crippen LogP contribution < -0.4 is 15.0 Å². The maximum absolute atomic E-state index is 12.0. The maximum Gasteiger partial charge on any atom is 0.347 e. The number of nitrogens with one attached hydrogen (secondary N) is 1. The number of allylic oxidation sites excluding steroid dienone is 1. The third kappa shape index (κ3) is 6.84. The second-order valence-electron chi connectivity index (χ2n) is 6.31. The minimum absolute atomic E-state index is 0.114. The summed E-state index contributed by atoms with van der Waals surface area (Å²) < 4.78 is 16.4. The summed E-state index contributed by atoms with van der Waals surface area (Å²) in [6.45, 7) is 3.80. The van der Waals surface area contributed by atoms with Crippen molar-refractivity contribution in [3.8, 4) is 17.4 Å². The third-order valence-electron chi connectivity index (χ3n) is 3.92. The molecule has 0 unspecified atom stereocenters. The quantitative estimate of drug-likeness (QED) is 0.279. The van der Waals surface area contributed by atoms with Gasteiger partial charge in [0.15, 0.2) is 6.10 Å². The Labute approximate surface area is 184 Å². The van der Waals surface area contributed by atoms with Gasteiger partial charge in [-0.25, -0.2) is 14.8 Å². The SMILES string of the molecule is CC=CNOCCOC(=O)[C@@H](C)Oc1ccc(Oc2cnc3cc(Cl)ccc3n2)cc1. The molecule has 1 heterocycles. The Kier molecular flexibility index (Phi) is 8.03. The lowest BCUT2D eigenvalue weighted by atomic mass is 10.3. The highest BCUT2D eigenvalue weighted by Gasteiger charge is 2.16. The van der Waals surface area contributed by atoms with Crippen LogP contribution in [0.1, 0.15) is 13.8 Å². The van der Waals surface area contributed by atoms with Gasteiger partial charge in [-0.05, 0) is 56.3 Å². The van der Waals surface area contributed by atoms with E-state index in [-0.39, 0.29) is 13.2 Å². The Morgan fingerprint density at radius 2 is 1.90 bits per heavy atom. The molecule has 0 saturated heterocycles. The molecule has 1 N–H and O–H groups in total. The zero-order chi connectivity index (χ0) is 22.1. The van der Waals surface area contributed by atoms with Crippen LogP contribution >= 0.6 is 11.6 Å². The number of halogens is 1. The van der Waals surface area contributed by atoms with E-state index in [1.807, 2.05) is 6.92 Å². The van der Waals surface area contributed by atoms with Crippen molar-refractivity contribution in [1.82, 2.24) is 15.4 Å². The first-order chi connectivity index (χ1) is 15.0. The van der Waals surface area contributed by atoms with Crippen LogP contribution in [0.3, 0.4) is 0 Å². The number of carbonyl (C=O) groups is 1. The molecule has 2 aromatic carbocycles. The number of carbonyl (C=O) groups excluding carboxylic acids is 1. The minimum Gasteiger partial charge on any atom is -0.479 e. The van der Waals surface area contributed by atoms with Gasteiger partial charge in [-0.1, -0.05) is 17.7 Å². The van der Waals surface area contributed by atoms with E-state index in [0.29, 0.717) is 33.4 Å². The van der Waals surface area contributed by atoms with Crippen molar-refractivity contribution in [2.75, 3.05) is 13.2 Å². The molecule has 0 saturated carbocycles. The molecule has 0 amide bonds. The van der Waals surface area contributed by atoms with Gasteiger partial charge in [0.25, 0.3) is 0 Å². The molecule has 9 heteroatoms. The van der Waals surface area contributed by atoms with Gasteiger partial charge in [0.2, 0.25) is 5.88 Å². The standard InChI is InChI=1S/C22H22ClN3O5/c1-3-10-25-29-12-11-28-22(27)15(2)30-17-5-7-18(8-6-17)31-21-14-24-20-13-16(23)4-9-19(20)26-21/h3-10,13-15,25H,11-12H2,1-2H3/t15-/m1/s1. The highest BCUT2D eigenvalue weighted by Crippen LogP contribution is 2.25. The number of hydrogen-bond acceptors (Lipinski definition) is 8. The lowest BCUT2D eigenvalue weighted by molar-refractivity contribution is -0.153. The number of esters is 1. The fourth-order valence-electron chi connectivity index (χ4n) is 2.45. The van der Waals surface area contributed by atoms with E-state index >= 15 is 0 Å². The largest absolute Gasteiger partial charge is 0.479 e. The highest BCUT2D eigenvalue weighted by molar-refractivity contribution is 6.31. The summed E-state index contributed by atoms with van der Waals surface area (Å²) in [5, 5.41) is 0.596. The van der Waals surface area contributed by atoms with Crippen molar-refractivity contribution in [2.24, 2.45) is 0 Å². The summed E-state index contributed by atoms with van der Waals surface area (Å²) in [6.07, 6.45) is 4.17. The van der Waals surface area contributed by atoms with E-state index < -0.39 is 12.1 Å². The fraction of sp³-hybridized carbons (Fsp3) is 0.227. The van der Waals surface area contributed by atoms with Crippen LogP contribution in [0.25, 0.3) is 11.0 Å². The molecular formula is C22H22ClN3O5. The van der Waals surface area contributed by atoms with E-state index in [1.54, 1.807) is 61.7 Å². The van der Waals surface area contributed by atoms with Gasteiger partial charge in [0, 0.05) is 11.2 Å². The Hall–Kier alpha value is -3.36. The molecule has 0 radical (unpaired) electrons. The summed E-state index contributed by atoms with van der Waals surface area (Å²) in [5.74, 6) is 0.922. The number of fused-ring (bicyclic) bond motifs is 1. The first kappa shape index (κ1) is 22.3. The maximum atomic E-state index is 12.0. The number of nitrogens with zero attached hydrogens (tertiary/aromatic N) is 2. The second kappa shape index (κ2) is 11.1. The number of benzene rings is 2. The van der Waals surface area contributed by atoms with E-state index in [2.05, 4.69) is 15.4 Å². The summed E-state index contributed by atoms with van der Waals surface area (Å²) >= 11 is 5.96. The van der Waals surface area contributed by atoms with Gasteiger partial charge < -0.3 is 14.2 Å². The van der Waals surface area contributed by atoms with Crippen LogP contribution in [0, 0.1) is 0 Å². The molecule has 0 spiro atoms. The summed E-state index contributed by atoms with van der Waals surface area (Å²) in [7, 11) is 0. The Morgan fingerprint density at radius 3 is 2.68 bits per heavy atom. The van der Waals surface area contributed by atoms with Crippen molar-refractivity contribution < 1.29 is 23.8 Å². The predicted octanol–water partition coefficient (Wildman–Crippen LogP) is 4.44. The lowest BCUT2D eigenvalue weighted by Gasteiger charge is -2.14. The lowest BCUT2D eigenvalue weighted by Crippen LogP contribution is -2.27. The van der Waals surface area contributed by atoms with Crippen LogP contribution in [0.15, 0.2) is 60.9 Å². The normalized spacial score (nSPS) is 12.0. The van der Waals surface area contributed by atoms with Crippen LogP contribution in [0.4, 0.5) is 0 Å². The van der Waals surface area contributed by atoms with E-state index in [4.69, 9.17) is 30.6 Å². The summed E-state index contributed by atoms with van der Waals surface area (Å²) in [4.78, 5) is 25.7. The molecule has 8 nitrogen and oxygen atoms in total. The first-order valence-electron chi connectivity index (χ1n) is 9.57. The number of hydrogen-bond donors (Lipinski definition) is 1. The van der Waals surface area contributed by atoms with Crippen molar-refractivity contribution in [3.63, 3.8) is 0 Å². The molecule has 1 atom stereocenters. The molecule has 0 bridgehead atoms. The van der Waals surface area contributed by atoms with Gasteiger partial charge in [-0.15, -0.1) is 0 Å². The molecule has 0 aliphatic heterocycles. The van der Waals surface area contributed by atoms with Gasteiger partial charge in [0.1, 0.15) is 24.7 Å². The first-order valence-corrected chi connectivity index (χ1v) is 9.95. The van der Waals surface area contributed by atoms with E-state index in [9.17, 15) is 4.79 Å². The zero-order valence-corrected chi connectivity index (χ0v) is 17.8. The third-order valence-corrected chi connectivity index (χ3v) is 4.16. The molecule has 162 valence electrons. The van der Waals surface area contributed by atoms with Gasteiger partial charge in [-0.3, -0.25) is 10.3 Å². The van der Waals surface area contributed by atoms with Crippen LogP contribution in [0.5, 0.6) is 17.4 Å². The van der Waals surface area contributed by atoms with Crippen molar-refractivity contribution in [2.45, 2.75) is 20.0 Å². The van der Waals surface area contributed by atoms with E-state index in [0.717, 1.165) is 0 Å².